The Hall–Kier alpha value is -1.75. The summed E-state index contributed by atoms with van der Waals surface area (Å²) in [5, 5.41) is 12.6. The van der Waals surface area contributed by atoms with Crippen LogP contribution in [0.1, 0.15) is 46.6 Å². The van der Waals surface area contributed by atoms with Crippen LogP contribution < -0.4 is 11.1 Å². The summed E-state index contributed by atoms with van der Waals surface area (Å²) in [6, 6.07) is 5.10. The molecular weight excluding hydrogens is 268 g/mol. The molecule has 116 valence electrons. The Labute approximate surface area is 125 Å². The number of phenols is 1. The number of nitrogens with two attached hydrogens (primary N) is 1. The number of nitrogens with one attached hydrogen (secondary N) is 1. The highest BCUT2D eigenvalue weighted by molar-refractivity contribution is 5.87. The number of benzene rings is 1. The average molecular weight is 292 g/mol. The van der Waals surface area contributed by atoms with E-state index >= 15 is 0 Å². The van der Waals surface area contributed by atoms with Gasteiger partial charge in [0.1, 0.15) is 11.4 Å². The van der Waals surface area contributed by atoms with Crippen molar-refractivity contribution in [1.29, 1.82) is 0 Å². The molecule has 0 bridgehead atoms. The minimum absolute atomic E-state index is 0.00844. The minimum atomic E-state index is -0.597. The van der Waals surface area contributed by atoms with Crippen LogP contribution in [-0.2, 0) is 10.3 Å². The van der Waals surface area contributed by atoms with Gasteiger partial charge in [0.2, 0.25) is 0 Å². The van der Waals surface area contributed by atoms with Crippen LogP contribution in [0, 0.1) is 5.41 Å². The van der Waals surface area contributed by atoms with Crippen LogP contribution in [-0.4, -0.2) is 16.8 Å². The summed E-state index contributed by atoms with van der Waals surface area (Å²) in [4.78, 5) is 11.7. The summed E-state index contributed by atoms with van der Waals surface area (Å²) in [5.41, 5.74) is 6.55. The number of amides is 1. The summed E-state index contributed by atoms with van der Waals surface area (Å²) in [6.45, 7) is 9.53. The number of rotatable bonds is 2. The maximum atomic E-state index is 11.7. The van der Waals surface area contributed by atoms with Gasteiger partial charge in [0.15, 0.2) is 0 Å². The molecule has 5 nitrogen and oxygen atoms in total. The summed E-state index contributed by atoms with van der Waals surface area (Å²) >= 11 is 0. The fraction of sp³-hybridized carbons (Fsp3) is 0.562. The van der Waals surface area contributed by atoms with Crippen molar-refractivity contribution in [3.05, 3.63) is 23.8 Å². The van der Waals surface area contributed by atoms with Crippen molar-refractivity contribution in [2.45, 2.75) is 52.2 Å². The molecule has 21 heavy (non-hydrogen) atoms. The second-order valence-electron chi connectivity index (χ2n) is 7.39. The monoisotopic (exact) mass is 292 g/mol. The average Bonchev–Trinajstić information content (AvgIpc) is 2.79. The molecule has 1 unspecified atom stereocenters. The lowest BCUT2D eigenvalue weighted by Gasteiger charge is -2.20. The van der Waals surface area contributed by atoms with Crippen LogP contribution >= 0.6 is 0 Å². The molecule has 1 aliphatic carbocycles. The number of hydrogen-bond donors (Lipinski definition) is 3. The van der Waals surface area contributed by atoms with Crippen LogP contribution in [0.25, 0.3) is 0 Å². The van der Waals surface area contributed by atoms with Gasteiger partial charge in [-0.1, -0.05) is 19.9 Å². The van der Waals surface area contributed by atoms with Crippen LogP contribution in [0.4, 0.5) is 10.5 Å². The van der Waals surface area contributed by atoms with Crippen molar-refractivity contribution >= 4 is 11.8 Å². The number of carbonyl (C=O) groups is 1. The number of phenolic OH excluding ortho intramolecular Hbond substituents is 1. The number of carbonyl (C=O) groups excluding carboxylic acids is 1. The second-order valence-corrected chi connectivity index (χ2v) is 7.39. The quantitative estimate of drug-likeness (QED) is 0.730. The zero-order valence-electron chi connectivity index (χ0n) is 13.3. The highest BCUT2D eigenvalue weighted by atomic mass is 16.6. The van der Waals surface area contributed by atoms with Crippen molar-refractivity contribution in [3.8, 4) is 5.75 Å². The first kappa shape index (κ1) is 15.6. The zero-order valence-corrected chi connectivity index (χ0v) is 13.3. The van der Waals surface area contributed by atoms with Crippen molar-refractivity contribution in [2.24, 2.45) is 11.1 Å². The molecule has 1 aromatic rings. The third-order valence-electron chi connectivity index (χ3n) is 3.95. The van der Waals surface area contributed by atoms with Gasteiger partial charge in [-0.25, -0.2) is 4.79 Å². The fourth-order valence-corrected chi connectivity index (χ4v) is 2.47. The van der Waals surface area contributed by atoms with Gasteiger partial charge in [0, 0.05) is 5.54 Å². The molecule has 0 aromatic heterocycles. The van der Waals surface area contributed by atoms with Crippen LogP contribution in [0.15, 0.2) is 18.2 Å². The van der Waals surface area contributed by atoms with Gasteiger partial charge in [0.05, 0.1) is 5.69 Å². The number of hydrogen-bond acceptors (Lipinski definition) is 4. The molecule has 1 aromatic carbocycles. The summed E-state index contributed by atoms with van der Waals surface area (Å²) < 4.78 is 5.15. The lowest BCUT2D eigenvalue weighted by atomic mass is 9.96. The molecule has 0 radical (unpaired) electrons. The largest absolute Gasteiger partial charge is 0.506 e. The molecule has 4 N–H and O–H groups in total. The molecule has 0 heterocycles. The Kier molecular flexibility index (Phi) is 3.45. The van der Waals surface area contributed by atoms with E-state index in [1.807, 2.05) is 6.07 Å². The Bertz CT molecular complexity index is 575. The lowest BCUT2D eigenvalue weighted by Crippen LogP contribution is -2.27. The van der Waals surface area contributed by atoms with Crippen molar-refractivity contribution < 1.29 is 14.6 Å². The van der Waals surface area contributed by atoms with Crippen LogP contribution in [0.5, 0.6) is 5.75 Å². The lowest BCUT2D eigenvalue weighted by molar-refractivity contribution is 0.0635. The molecule has 1 amide bonds. The fourth-order valence-electron chi connectivity index (χ4n) is 2.47. The maximum Gasteiger partial charge on any atom is 0.412 e. The molecule has 1 aliphatic rings. The van der Waals surface area contributed by atoms with E-state index in [-0.39, 0.29) is 11.2 Å². The van der Waals surface area contributed by atoms with Crippen molar-refractivity contribution in [2.75, 3.05) is 5.32 Å². The molecule has 0 aliphatic heterocycles. The van der Waals surface area contributed by atoms with E-state index in [1.165, 1.54) is 0 Å². The standard InChI is InChI=1S/C16H24N2O3/c1-14(2,3)21-13(20)18-11-7-6-10(8-12(11)19)16(17)9-15(16,4)5/h6-8,19H,9,17H2,1-5H3,(H,18,20). The van der Waals surface area contributed by atoms with E-state index in [0.717, 1.165) is 12.0 Å². The Morgan fingerprint density at radius 2 is 1.95 bits per heavy atom. The third-order valence-corrected chi connectivity index (χ3v) is 3.95. The molecule has 1 saturated carbocycles. The van der Waals surface area contributed by atoms with E-state index in [0.29, 0.717) is 5.69 Å². The Balaban J connectivity index is 2.12. The molecule has 1 fully saturated rings. The SMILES string of the molecule is CC(C)(C)OC(=O)Nc1ccc(C2(N)CC2(C)C)cc1O. The molecule has 2 rings (SSSR count). The van der Waals surface area contributed by atoms with E-state index < -0.39 is 17.2 Å². The normalized spacial score (nSPS) is 23.5. The van der Waals surface area contributed by atoms with Gasteiger partial charge in [0.25, 0.3) is 0 Å². The topological polar surface area (TPSA) is 84.6 Å². The highest BCUT2D eigenvalue weighted by Gasteiger charge is 2.59. The minimum Gasteiger partial charge on any atom is -0.506 e. The van der Waals surface area contributed by atoms with E-state index in [9.17, 15) is 9.90 Å². The smallest absolute Gasteiger partial charge is 0.412 e. The van der Waals surface area contributed by atoms with E-state index in [4.69, 9.17) is 10.5 Å². The first-order valence-corrected chi connectivity index (χ1v) is 7.07. The van der Waals surface area contributed by atoms with Gasteiger partial charge in [-0.05, 0) is 50.3 Å². The number of anilines is 1. The van der Waals surface area contributed by atoms with Crippen molar-refractivity contribution in [1.82, 2.24) is 0 Å². The molecule has 1 atom stereocenters. The molecule has 0 spiro atoms. The Morgan fingerprint density at radius 3 is 2.38 bits per heavy atom. The number of ether oxygens (including phenoxy) is 1. The maximum absolute atomic E-state index is 11.7. The molecule has 0 saturated heterocycles. The second kappa shape index (κ2) is 4.63. The van der Waals surface area contributed by atoms with Crippen LogP contribution in [0.2, 0.25) is 0 Å². The Morgan fingerprint density at radius 1 is 1.38 bits per heavy atom. The van der Waals surface area contributed by atoms with E-state index in [1.54, 1.807) is 32.9 Å². The third kappa shape index (κ3) is 3.13. The predicted molar refractivity (Wildman–Crippen MR) is 82.2 cm³/mol. The number of aromatic hydroxyl groups is 1. The zero-order chi connectivity index (χ0) is 16.1. The highest BCUT2D eigenvalue weighted by Crippen LogP contribution is 2.60. The van der Waals surface area contributed by atoms with Crippen LogP contribution in [0.3, 0.4) is 0 Å². The first-order chi connectivity index (χ1) is 9.45. The predicted octanol–water partition coefficient (Wildman–Crippen LogP) is 3.32. The van der Waals surface area contributed by atoms with Gasteiger partial charge >= 0.3 is 6.09 Å². The molecular formula is C16H24N2O3. The molecule has 5 heteroatoms. The van der Waals surface area contributed by atoms with Gasteiger partial charge < -0.3 is 15.6 Å². The van der Waals surface area contributed by atoms with Gasteiger partial charge in [-0.2, -0.15) is 0 Å². The summed E-state index contributed by atoms with van der Waals surface area (Å²) in [6.07, 6.45) is 0.276. The van der Waals surface area contributed by atoms with Gasteiger partial charge in [-0.3, -0.25) is 5.32 Å². The van der Waals surface area contributed by atoms with E-state index in [2.05, 4.69) is 19.2 Å². The van der Waals surface area contributed by atoms with Gasteiger partial charge in [-0.15, -0.1) is 0 Å². The summed E-state index contributed by atoms with van der Waals surface area (Å²) in [7, 11) is 0. The van der Waals surface area contributed by atoms with Crippen molar-refractivity contribution in [3.63, 3.8) is 0 Å². The summed E-state index contributed by atoms with van der Waals surface area (Å²) in [5.74, 6) is -0.00844. The first-order valence-electron chi connectivity index (χ1n) is 7.07.